The molecule has 0 unspecified atom stereocenters. The van der Waals surface area contributed by atoms with Crippen LogP contribution in [0.2, 0.25) is 0 Å². The Labute approximate surface area is 219 Å². The Morgan fingerprint density at radius 2 is 1.66 bits per heavy atom. The smallest absolute Gasteiger partial charge is 0.303 e. The van der Waals surface area contributed by atoms with Crippen LogP contribution >= 0.6 is 0 Å². The number of anilines is 1. The van der Waals surface area contributed by atoms with Gasteiger partial charge >= 0.3 is 17.9 Å². The standard InChI is InChI=1S/C26H31N5O7/c1-15(2)30(11-19-9-7-6-8-10-19)24-21-25(28-13-27-24)31(14-29-21)26-23(37-18(5)34)22(36-17(4)33)20(38-26)12-35-16(3)32/h6-10,13-15,20,22-23,26H,11-12H2,1-5H3/t20-,22-,23-,26-/m1/s1. The molecule has 4 atom stereocenters. The van der Waals surface area contributed by atoms with Crippen molar-refractivity contribution in [1.82, 2.24) is 19.5 Å². The highest BCUT2D eigenvalue weighted by molar-refractivity contribution is 5.83. The van der Waals surface area contributed by atoms with Gasteiger partial charge in [0.15, 0.2) is 35.4 Å². The molecule has 12 nitrogen and oxygen atoms in total. The summed E-state index contributed by atoms with van der Waals surface area (Å²) < 4.78 is 23.9. The van der Waals surface area contributed by atoms with E-state index in [2.05, 4.69) is 33.7 Å². The van der Waals surface area contributed by atoms with E-state index >= 15 is 0 Å². The zero-order chi connectivity index (χ0) is 27.4. The molecule has 0 spiro atoms. The first-order valence-corrected chi connectivity index (χ1v) is 12.3. The van der Waals surface area contributed by atoms with E-state index in [1.54, 1.807) is 4.57 Å². The molecule has 2 aromatic heterocycles. The Balaban J connectivity index is 1.74. The third kappa shape index (κ3) is 5.91. The van der Waals surface area contributed by atoms with Gasteiger partial charge in [-0.25, -0.2) is 15.0 Å². The molecule has 0 N–H and O–H groups in total. The molecule has 1 aliphatic heterocycles. The van der Waals surface area contributed by atoms with Crippen LogP contribution in [0.15, 0.2) is 43.0 Å². The van der Waals surface area contributed by atoms with E-state index < -0.39 is 42.4 Å². The van der Waals surface area contributed by atoms with E-state index in [9.17, 15) is 14.4 Å². The Kier molecular flexibility index (Phi) is 8.20. The number of ether oxygens (including phenoxy) is 4. The predicted molar refractivity (Wildman–Crippen MR) is 135 cm³/mol. The van der Waals surface area contributed by atoms with Crippen molar-refractivity contribution in [3.8, 4) is 0 Å². The first-order chi connectivity index (χ1) is 18.2. The molecule has 0 bridgehead atoms. The van der Waals surface area contributed by atoms with Crippen molar-refractivity contribution < 1.29 is 33.3 Å². The van der Waals surface area contributed by atoms with Gasteiger partial charge in [0.1, 0.15) is 19.0 Å². The van der Waals surface area contributed by atoms with Crippen molar-refractivity contribution in [3.05, 3.63) is 48.5 Å². The van der Waals surface area contributed by atoms with Crippen LogP contribution in [0.5, 0.6) is 0 Å². The molecule has 0 aliphatic carbocycles. The van der Waals surface area contributed by atoms with E-state index in [1.807, 2.05) is 30.3 Å². The molecule has 3 heterocycles. The van der Waals surface area contributed by atoms with Gasteiger partial charge in [0, 0.05) is 33.4 Å². The highest BCUT2D eigenvalue weighted by Gasteiger charge is 2.51. The number of aromatic nitrogens is 4. The van der Waals surface area contributed by atoms with Crippen molar-refractivity contribution in [2.75, 3.05) is 11.5 Å². The van der Waals surface area contributed by atoms with Crippen molar-refractivity contribution in [2.45, 2.75) is 71.7 Å². The second-order valence-corrected chi connectivity index (χ2v) is 9.24. The SMILES string of the molecule is CC(=O)OC[C@H]1O[C@@H](n2cnc3c(N(Cc4ccccc4)C(C)C)ncnc32)[C@H](OC(C)=O)[C@@H]1OC(C)=O. The molecule has 0 saturated carbocycles. The maximum atomic E-state index is 12.0. The van der Waals surface area contributed by atoms with Gasteiger partial charge in [0.25, 0.3) is 0 Å². The quantitative estimate of drug-likeness (QED) is 0.301. The zero-order valence-electron chi connectivity index (χ0n) is 21.9. The lowest BCUT2D eigenvalue weighted by molar-refractivity contribution is -0.166. The van der Waals surface area contributed by atoms with Crippen LogP contribution in [0.25, 0.3) is 11.2 Å². The molecule has 1 aromatic carbocycles. The van der Waals surface area contributed by atoms with Crippen LogP contribution in [-0.2, 0) is 39.9 Å². The second-order valence-electron chi connectivity index (χ2n) is 9.24. The average molecular weight is 526 g/mol. The molecule has 1 fully saturated rings. The maximum Gasteiger partial charge on any atom is 0.303 e. The number of esters is 3. The minimum atomic E-state index is -1.04. The fourth-order valence-electron chi connectivity index (χ4n) is 4.43. The predicted octanol–water partition coefficient (Wildman–Crippen LogP) is 2.57. The lowest BCUT2D eigenvalue weighted by atomic mass is 10.1. The van der Waals surface area contributed by atoms with Gasteiger partial charge < -0.3 is 23.8 Å². The van der Waals surface area contributed by atoms with Crippen LogP contribution in [0.3, 0.4) is 0 Å². The Bertz CT molecular complexity index is 1300. The molecule has 38 heavy (non-hydrogen) atoms. The largest absolute Gasteiger partial charge is 0.463 e. The van der Waals surface area contributed by atoms with E-state index in [-0.39, 0.29) is 12.6 Å². The number of fused-ring (bicyclic) bond motifs is 1. The summed E-state index contributed by atoms with van der Waals surface area (Å²) in [4.78, 5) is 51.0. The first kappa shape index (κ1) is 27.0. The number of benzene rings is 1. The van der Waals surface area contributed by atoms with Crippen LogP contribution < -0.4 is 4.90 Å². The van der Waals surface area contributed by atoms with Gasteiger partial charge in [-0.1, -0.05) is 30.3 Å². The Morgan fingerprint density at radius 1 is 0.974 bits per heavy atom. The Morgan fingerprint density at radius 3 is 2.29 bits per heavy atom. The zero-order valence-corrected chi connectivity index (χ0v) is 21.9. The third-order valence-electron chi connectivity index (χ3n) is 6.05. The number of carbonyl (C=O) groups excluding carboxylic acids is 3. The highest BCUT2D eigenvalue weighted by atomic mass is 16.7. The Hall–Kier alpha value is -4.06. The summed E-state index contributed by atoms with van der Waals surface area (Å²) in [6.07, 6.45) is -0.960. The number of carbonyl (C=O) groups is 3. The van der Waals surface area contributed by atoms with Crippen molar-refractivity contribution in [3.63, 3.8) is 0 Å². The molecule has 1 aliphatic rings. The molecule has 0 amide bonds. The van der Waals surface area contributed by atoms with Gasteiger partial charge in [0.2, 0.25) is 0 Å². The maximum absolute atomic E-state index is 12.0. The lowest BCUT2D eigenvalue weighted by Gasteiger charge is -2.28. The molecule has 3 aromatic rings. The average Bonchev–Trinajstić information content (AvgIpc) is 3.42. The number of hydrogen-bond donors (Lipinski definition) is 0. The molecule has 4 rings (SSSR count). The summed E-state index contributed by atoms with van der Waals surface area (Å²) >= 11 is 0. The lowest BCUT2D eigenvalue weighted by Crippen LogP contribution is -2.40. The fourth-order valence-corrected chi connectivity index (χ4v) is 4.43. The van der Waals surface area contributed by atoms with Crippen LogP contribution in [0, 0.1) is 0 Å². The highest BCUT2D eigenvalue weighted by Crippen LogP contribution is 2.37. The van der Waals surface area contributed by atoms with E-state index in [0.29, 0.717) is 23.5 Å². The molecular formula is C26H31N5O7. The molecule has 202 valence electrons. The number of rotatable bonds is 9. The van der Waals surface area contributed by atoms with Gasteiger partial charge in [0.05, 0.1) is 6.33 Å². The van der Waals surface area contributed by atoms with Gasteiger partial charge in [-0.15, -0.1) is 0 Å². The summed E-state index contributed by atoms with van der Waals surface area (Å²) in [5, 5.41) is 0. The van der Waals surface area contributed by atoms with Crippen LogP contribution in [-0.4, -0.2) is 68.4 Å². The van der Waals surface area contributed by atoms with Crippen LogP contribution in [0.4, 0.5) is 5.82 Å². The summed E-state index contributed by atoms with van der Waals surface area (Å²) in [7, 11) is 0. The van der Waals surface area contributed by atoms with Gasteiger partial charge in [-0.2, -0.15) is 0 Å². The fraction of sp³-hybridized carbons (Fsp3) is 0.462. The monoisotopic (exact) mass is 525 g/mol. The minimum Gasteiger partial charge on any atom is -0.463 e. The normalized spacial score (nSPS) is 20.9. The van der Waals surface area contributed by atoms with Crippen molar-refractivity contribution in [1.29, 1.82) is 0 Å². The first-order valence-electron chi connectivity index (χ1n) is 12.3. The molecule has 12 heteroatoms. The number of nitrogens with zero attached hydrogens (tertiary/aromatic N) is 5. The van der Waals surface area contributed by atoms with Crippen LogP contribution in [0.1, 0.15) is 46.4 Å². The van der Waals surface area contributed by atoms with E-state index in [1.165, 1.54) is 33.4 Å². The second kappa shape index (κ2) is 11.5. The number of hydrogen-bond acceptors (Lipinski definition) is 11. The topological polar surface area (TPSA) is 135 Å². The number of imidazole rings is 1. The molecule has 0 radical (unpaired) electrons. The summed E-state index contributed by atoms with van der Waals surface area (Å²) in [5.41, 5.74) is 2.07. The summed E-state index contributed by atoms with van der Waals surface area (Å²) in [5.74, 6) is -1.09. The van der Waals surface area contributed by atoms with Gasteiger partial charge in [-0.3, -0.25) is 19.0 Å². The van der Waals surface area contributed by atoms with E-state index in [4.69, 9.17) is 18.9 Å². The molecular weight excluding hydrogens is 494 g/mol. The van der Waals surface area contributed by atoms with E-state index in [0.717, 1.165) is 5.56 Å². The summed E-state index contributed by atoms with van der Waals surface area (Å²) in [6.45, 7) is 8.27. The van der Waals surface area contributed by atoms with Crippen molar-refractivity contribution in [2.24, 2.45) is 0 Å². The third-order valence-corrected chi connectivity index (χ3v) is 6.05. The van der Waals surface area contributed by atoms with Crippen molar-refractivity contribution >= 4 is 34.9 Å². The minimum absolute atomic E-state index is 0.0939. The molecule has 1 saturated heterocycles. The van der Waals surface area contributed by atoms with Gasteiger partial charge in [-0.05, 0) is 19.4 Å². The summed E-state index contributed by atoms with van der Waals surface area (Å²) in [6, 6.07) is 10.1.